The van der Waals surface area contributed by atoms with E-state index in [0.29, 0.717) is 11.6 Å². The standard InChI is InChI=1S/C18H16ClN3OS/c1-11-7-14(19)8-15-16(11)21-18(24-15)22(17(23)13-4-5-13)10-12-3-2-6-20-9-12/h2-3,6-9,13H,4-5,10H2,1H3. The Morgan fingerprint density at radius 1 is 1.42 bits per heavy atom. The summed E-state index contributed by atoms with van der Waals surface area (Å²) in [6, 6.07) is 7.68. The molecule has 0 radical (unpaired) electrons. The fraction of sp³-hybridized carbons (Fsp3) is 0.278. The lowest BCUT2D eigenvalue weighted by atomic mass is 10.2. The van der Waals surface area contributed by atoms with Gasteiger partial charge < -0.3 is 0 Å². The number of rotatable bonds is 4. The van der Waals surface area contributed by atoms with Crippen molar-refractivity contribution in [1.29, 1.82) is 0 Å². The lowest BCUT2D eigenvalue weighted by molar-refractivity contribution is -0.119. The molecule has 2 heterocycles. The number of aromatic nitrogens is 2. The minimum Gasteiger partial charge on any atom is -0.283 e. The van der Waals surface area contributed by atoms with E-state index in [-0.39, 0.29) is 11.8 Å². The molecular weight excluding hydrogens is 342 g/mol. The molecule has 1 saturated carbocycles. The summed E-state index contributed by atoms with van der Waals surface area (Å²) in [6.45, 7) is 2.49. The predicted molar refractivity (Wildman–Crippen MR) is 97.5 cm³/mol. The number of carbonyl (C=O) groups is 1. The second kappa shape index (κ2) is 6.15. The van der Waals surface area contributed by atoms with Gasteiger partial charge >= 0.3 is 0 Å². The number of benzene rings is 1. The molecular formula is C18H16ClN3OS. The first-order valence-corrected chi connectivity index (χ1v) is 9.08. The van der Waals surface area contributed by atoms with E-state index in [1.165, 1.54) is 11.3 Å². The molecule has 0 atom stereocenters. The van der Waals surface area contributed by atoms with Gasteiger partial charge in [-0.2, -0.15) is 0 Å². The molecule has 4 nitrogen and oxygen atoms in total. The average molecular weight is 358 g/mol. The molecule has 3 aromatic rings. The van der Waals surface area contributed by atoms with Crippen molar-refractivity contribution >= 4 is 44.2 Å². The molecule has 4 rings (SSSR count). The highest BCUT2D eigenvalue weighted by atomic mass is 35.5. The van der Waals surface area contributed by atoms with E-state index in [4.69, 9.17) is 16.6 Å². The predicted octanol–water partition coefficient (Wildman–Crippen LogP) is 4.60. The molecule has 0 N–H and O–H groups in total. The smallest absolute Gasteiger partial charge is 0.232 e. The fourth-order valence-electron chi connectivity index (χ4n) is 2.72. The van der Waals surface area contributed by atoms with E-state index in [0.717, 1.165) is 39.3 Å². The van der Waals surface area contributed by atoms with Gasteiger partial charge in [-0.3, -0.25) is 14.7 Å². The first-order valence-electron chi connectivity index (χ1n) is 7.89. The number of carbonyl (C=O) groups excluding carboxylic acids is 1. The Morgan fingerprint density at radius 2 is 2.25 bits per heavy atom. The third kappa shape index (κ3) is 3.01. The largest absolute Gasteiger partial charge is 0.283 e. The van der Waals surface area contributed by atoms with Gasteiger partial charge in [-0.15, -0.1) is 0 Å². The number of halogens is 1. The molecule has 6 heteroatoms. The van der Waals surface area contributed by atoms with Gasteiger partial charge in [0.15, 0.2) is 5.13 Å². The second-order valence-corrected chi connectivity index (χ2v) is 7.57. The van der Waals surface area contributed by atoms with Crippen molar-refractivity contribution in [2.75, 3.05) is 4.90 Å². The number of aryl methyl sites for hydroxylation is 1. The molecule has 1 amide bonds. The van der Waals surface area contributed by atoms with Gasteiger partial charge in [0.25, 0.3) is 0 Å². The summed E-state index contributed by atoms with van der Waals surface area (Å²) in [5, 5.41) is 1.43. The molecule has 1 fully saturated rings. The molecule has 1 aliphatic carbocycles. The Labute approximate surface area is 149 Å². The summed E-state index contributed by atoms with van der Waals surface area (Å²) < 4.78 is 1.01. The molecule has 122 valence electrons. The molecule has 2 aromatic heterocycles. The third-order valence-electron chi connectivity index (χ3n) is 4.13. The summed E-state index contributed by atoms with van der Waals surface area (Å²) >= 11 is 7.67. The topological polar surface area (TPSA) is 46.1 Å². The fourth-order valence-corrected chi connectivity index (χ4v) is 4.15. The summed E-state index contributed by atoms with van der Waals surface area (Å²) in [5.74, 6) is 0.292. The van der Waals surface area contributed by atoms with Crippen LogP contribution in [0.2, 0.25) is 5.02 Å². The number of hydrogen-bond acceptors (Lipinski definition) is 4. The van der Waals surface area contributed by atoms with E-state index in [1.807, 2.05) is 31.2 Å². The highest BCUT2D eigenvalue weighted by Gasteiger charge is 2.35. The maximum Gasteiger partial charge on any atom is 0.232 e. The molecule has 1 aromatic carbocycles. The van der Waals surface area contributed by atoms with Crippen LogP contribution in [0.1, 0.15) is 24.0 Å². The van der Waals surface area contributed by atoms with E-state index < -0.39 is 0 Å². The van der Waals surface area contributed by atoms with Crippen molar-refractivity contribution in [1.82, 2.24) is 9.97 Å². The highest BCUT2D eigenvalue weighted by molar-refractivity contribution is 7.22. The first kappa shape index (κ1) is 15.5. The zero-order chi connectivity index (χ0) is 16.7. The number of nitrogens with zero attached hydrogens (tertiary/aromatic N) is 3. The van der Waals surface area contributed by atoms with Crippen LogP contribution in [0, 0.1) is 12.8 Å². The Morgan fingerprint density at radius 3 is 2.96 bits per heavy atom. The molecule has 0 spiro atoms. The lowest BCUT2D eigenvalue weighted by Crippen LogP contribution is -2.31. The normalized spacial score (nSPS) is 14.1. The Balaban J connectivity index is 1.75. The number of thiazole rings is 1. The monoisotopic (exact) mass is 357 g/mol. The second-order valence-electron chi connectivity index (χ2n) is 6.13. The molecule has 1 aliphatic rings. The molecule has 0 bridgehead atoms. The van der Waals surface area contributed by atoms with Crippen LogP contribution in [0.5, 0.6) is 0 Å². The number of anilines is 1. The Bertz CT molecular complexity index is 905. The van der Waals surface area contributed by atoms with Crippen LogP contribution < -0.4 is 4.90 Å². The van der Waals surface area contributed by atoms with E-state index in [9.17, 15) is 4.79 Å². The van der Waals surface area contributed by atoms with E-state index >= 15 is 0 Å². The van der Waals surface area contributed by atoms with Gasteiger partial charge in [-0.25, -0.2) is 4.98 Å². The van der Waals surface area contributed by atoms with Crippen LogP contribution in [0.3, 0.4) is 0 Å². The van der Waals surface area contributed by atoms with Crippen LogP contribution in [-0.4, -0.2) is 15.9 Å². The van der Waals surface area contributed by atoms with E-state index in [2.05, 4.69) is 4.98 Å². The maximum atomic E-state index is 12.8. The van der Waals surface area contributed by atoms with Crippen LogP contribution in [0.15, 0.2) is 36.7 Å². The lowest BCUT2D eigenvalue weighted by Gasteiger charge is -2.19. The Kier molecular flexibility index (Phi) is 3.98. The molecule has 0 aliphatic heterocycles. The van der Waals surface area contributed by atoms with E-state index in [1.54, 1.807) is 17.3 Å². The van der Waals surface area contributed by atoms with Crippen molar-refractivity contribution < 1.29 is 4.79 Å². The molecule has 0 unspecified atom stereocenters. The van der Waals surface area contributed by atoms with Gasteiger partial charge in [0.2, 0.25) is 5.91 Å². The quantitative estimate of drug-likeness (QED) is 0.685. The van der Waals surface area contributed by atoms with Gasteiger partial charge in [-0.05, 0) is 49.1 Å². The van der Waals surface area contributed by atoms with Crippen LogP contribution in [-0.2, 0) is 11.3 Å². The van der Waals surface area contributed by atoms with Gasteiger partial charge in [-0.1, -0.05) is 29.0 Å². The molecule has 0 saturated heterocycles. The van der Waals surface area contributed by atoms with Gasteiger partial charge in [0.05, 0.1) is 16.8 Å². The zero-order valence-corrected chi connectivity index (χ0v) is 14.8. The van der Waals surface area contributed by atoms with Crippen molar-refractivity contribution in [2.24, 2.45) is 5.92 Å². The highest BCUT2D eigenvalue weighted by Crippen LogP contribution is 2.37. The van der Waals surface area contributed by atoms with Crippen molar-refractivity contribution in [3.8, 4) is 0 Å². The van der Waals surface area contributed by atoms with Gasteiger partial charge in [0, 0.05) is 23.3 Å². The maximum absolute atomic E-state index is 12.8. The average Bonchev–Trinajstić information content (AvgIpc) is 3.33. The number of fused-ring (bicyclic) bond motifs is 1. The summed E-state index contributed by atoms with van der Waals surface area (Å²) in [4.78, 5) is 23.5. The summed E-state index contributed by atoms with van der Waals surface area (Å²) in [5.41, 5.74) is 2.94. The SMILES string of the molecule is Cc1cc(Cl)cc2sc(N(Cc3cccnc3)C(=O)C3CC3)nc12. The first-order chi connectivity index (χ1) is 11.6. The minimum atomic E-state index is 0.137. The van der Waals surface area contributed by atoms with Crippen LogP contribution in [0.25, 0.3) is 10.2 Å². The van der Waals surface area contributed by atoms with Crippen molar-refractivity contribution in [2.45, 2.75) is 26.3 Å². The Hall–Kier alpha value is -1.98. The summed E-state index contributed by atoms with van der Waals surface area (Å²) in [7, 11) is 0. The van der Waals surface area contributed by atoms with Gasteiger partial charge in [0.1, 0.15) is 0 Å². The van der Waals surface area contributed by atoms with Crippen LogP contribution >= 0.6 is 22.9 Å². The van der Waals surface area contributed by atoms with Crippen molar-refractivity contribution in [3.63, 3.8) is 0 Å². The number of pyridine rings is 1. The van der Waals surface area contributed by atoms with Crippen molar-refractivity contribution in [3.05, 3.63) is 52.8 Å². The molecule has 24 heavy (non-hydrogen) atoms. The minimum absolute atomic E-state index is 0.137. The summed E-state index contributed by atoms with van der Waals surface area (Å²) in [6.07, 6.45) is 5.47. The zero-order valence-electron chi connectivity index (χ0n) is 13.2. The van der Waals surface area contributed by atoms with Crippen LogP contribution in [0.4, 0.5) is 5.13 Å². The number of amides is 1. The third-order valence-corrected chi connectivity index (χ3v) is 5.37. The number of hydrogen-bond donors (Lipinski definition) is 0.